The minimum absolute atomic E-state index is 0.210. The van der Waals surface area contributed by atoms with Crippen LogP contribution in [0, 0.1) is 5.82 Å². The molecule has 1 saturated heterocycles. The fraction of sp³-hybridized carbons (Fsp3) is 0.375. The summed E-state index contributed by atoms with van der Waals surface area (Å²) < 4.78 is 13.2. The van der Waals surface area contributed by atoms with Crippen LogP contribution in [0.2, 0.25) is 5.02 Å². The van der Waals surface area contributed by atoms with Crippen molar-refractivity contribution in [2.75, 3.05) is 18.2 Å². The van der Waals surface area contributed by atoms with Gasteiger partial charge in [0, 0.05) is 12.7 Å². The maximum Gasteiger partial charge on any atom is 0.189 e. The van der Waals surface area contributed by atoms with E-state index in [-0.39, 0.29) is 5.82 Å². The molecule has 0 aliphatic carbocycles. The van der Waals surface area contributed by atoms with E-state index in [0.717, 1.165) is 6.42 Å². The van der Waals surface area contributed by atoms with E-state index in [4.69, 9.17) is 16.4 Å². The van der Waals surface area contributed by atoms with Crippen LogP contribution >= 0.6 is 11.6 Å². The van der Waals surface area contributed by atoms with Gasteiger partial charge in [0.2, 0.25) is 0 Å². The van der Waals surface area contributed by atoms with Gasteiger partial charge in [0.1, 0.15) is 0 Å². The van der Waals surface area contributed by atoms with Gasteiger partial charge in [0.15, 0.2) is 11.6 Å². The molecule has 1 aromatic heterocycles. The van der Waals surface area contributed by atoms with E-state index in [9.17, 15) is 4.39 Å². The van der Waals surface area contributed by atoms with E-state index in [0.29, 0.717) is 18.2 Å². The summed E-state index contributed by atoms with van der Waals surface area (Å²) in [6, 6.07) is 1.23. The number of hydrogen-bond acceptors (Lipinski definition) is 3. The van der Waals surface area contributed by atoms with Gasteiger partial charge < -0.3 is 0 Å². The van der Waals surface area contributed by atoms with Crippen LogP contribution in [0.25, 0.3) is 0 Å². The summed E-state index contributed by atoms with van der Waals surface area (Å²) in [4.78, 5) is 9.00. The molecule has 1 aromatic rings. The number of aromatic nitrogens is 1. The first-order valence-electron chi connectivity index (χ1n) is 3.99. The standard InChI is InChI=1S/C8H8ClFN2O/c9-6-4-7(10)8(11-5-6)12-2-1-3-13-12/h4-5H,1-3H2. The van der Waals surface area contributed by atoms with Gasteiger partial charge in [0.05, 0.1) is 11.6 Å². The molecule has 70 valence electrons. The van der Waals surface area contributed by atoms with E-state index in [2.05, 4.69) is 4.98 Å². The molecule has 0 aromatic carbocycles. The highest BCUT2D eigenvalue weighted by molar-refractivity contribution is 6.30. The lowest BCUT2D eigenvalue weighted by molar-refractivity contribution is 0.164. The zero-order chi connectivity index (χ0) is 9.26. The smallest absolute Gasteiger partial charge is 0.189 e. The average molecular weight is 203 g/mol. The lowest BCUT2D eigenvalue weighted by Gasteiger charge is -2.14. The predicted molar refractivity (Wildman–Crippen MR) is 47.1 cm³/mol. The zero-order valence-electron chi connectivity index (χ0n) is 6.83. The van der Waals surface area contributed by atoms with E-state index in [1.807, 2.05) is 0 Å². The largest absolute Gasteiger partial charge is 0.272 e. The lowest BCUT2D eigenvalue weighted by Crippen LogP contribution is -2.18. The predicted octanol–water partition coefficient (Wildman–Crippen LogP) is 2.02. The molecule has 5 heteroatoms. The third-order valence-electron chi connectivity index (χ3n) is 1.78. The molecule has 2 heterocycles. The zero-order valence-corrected chi connectivity index (χ0v) is 7.59. The number of pyridine rings is 1. The number of anilines is 1. The lowest BCUT2D eigenvalue weighted by atomic mass is 10.4. The summed E-state index contributed by atoms with van der Waals surface area (Å²) in [5.41, 5.74) is 0. The molecule has 3 nitrogen and oxygen atoms in total. The van der Waals surface area contributed by atoms with Crippen molar-refractivity contribution in [2.24, 2.45) is 0 Å². The van der Waals surface area contributed by atoms with Gasteiger partial charge in [-0.2, -0.15) is 0 Å². The van der Waals surface area contributed by atoms with Crippen LogP contribution in [-0.2, 0) is 4.84 Å². The molecule has 0 atom stereocenters. The summed E-state index contributed by atoms with van der Waals surface area (Å²) in [6.45, 7) is 1.29. The number of rotatable bonds is 1. The summed E-state index contributed by atoms with van der Waals surface area (Å²) in [5, 5.41) is 1.74. The van der Waals surface area contributed by atoms with Crippen molar-refractivity contribution in [2.45, 2.75) is 6.42 Å². The maximum absolute atomic E-state index is 13.2. The summed E-state index contributed by atoms with van der Waals surface area (Å²) >= 11 is 5.56. The molecule has 0 bridgehead atoms. The van der Waals surface area contributed by atoms with Crippen LogP contribution in [0.3, 0.4) is 0 Å². The molecule has 1 fully saturated rings. The Kier molecular flexibility index (Phi) is 2.33. The molecule has 13 heavy (non-hydrogen) atoms. The highest BCUT2D eigenvalue weighted by Crippen LogP contribution is 2.22. The Morgan fingerprint density at radius 3 is 3.08 bits per heavy atom. The Balaban J connectivity index is 2.29. The minimum Gasteiger partial charge on any atom is -0.272 e. The van der Waals surface area contributed by atoms with Crippen molar-refractivity contribution in [1.82, 2.24) is 4.98 Å². The van der Waals surface area contributed by atoms with Gasteiger partial charge in [-0.1, -0.05) is 11.6 Å². The van der Waals surface area contributed by atoms with Crippen molar-refractivity contribution in [3.8, 4) is 0 Å². The third-order valence-corrected chi connectivity index (χ3v) is 1.98. The van der Waals surface area contributed by atoms with Crippen molar-refractivity contribution in [1.29, 1.82) is 0 Å². The fourth-order valence-electron chi connectivity index (χ4n) is 1.21. The highest BCUT2D eigenvalue weighted by atomic mass is 35.5. The first-order valence-corrected chi connectivity index (χ1v) is 4.36. The molecule has 0 N–H and O–H groups in total. The Morgan fingerprint density at radius 2 is 2.46 bits per heavy atom. The van der Waals surface area contributed by atoms with E-state index >= 15 is 0 Å². The van der Waals surface area contributed by atoms with Gasteiger partial charge in [-0.3, -0.25) is 4.84 Å². The summed E-state index contributed by atoms with van der Waals surface area (Å²) in [7, 11) is 0. The average Bonchev–Trinajstić information content (AvgIpc) is 2.56. The van der Waals surface area contributed by atoms with Gasteiger partial charge in [-0.05, 0) is 12.5 Å². The first-order chi connectivity index (χ1) is 6.27. The minimum atomic E-state index is -0.450. The number of hydroxylamine groups is 1. The van der Waals surface area contributed by atoms with Crippen LogP contribution in [0.1, 0.15) is 6.42 Å². The SMILES string of the molecule is Fc1cc(Cl)cnc1N1CCCO1. The molecule has 0 amide bonds. The molecule has 0 unspecified atom stereocenters. The summed E-state index contributed by atoms with van der Waals surface area (Å²) in [5.74, 6) is -0.240. The van der Waals surface area contributed by atoms with E-state index in [1.54, 1.807) is 0 Å². The third kappa shape index (κ3) is 1.73. The molecule has 2 rings (SSSR count). The fourth-order valence-corrected chi connectivity index (χ4v) is 1.35. The Morgan fingerprint density at radius 1 is 1.62 bits per heavy atom. The molecule has 0 saturated carbocycles. The number of nitrogens with zero attached hydrogens (tertiary/aromatic N) is 2. The topological polar surface area (TPSA) is 25.4 Å². The molecular formula is C8H8ClFN2O. The van der Waals surface area contributed by atoms with Crippen LogP contribution in [0.15, 0.2) is 12.3 Å². The van der Waals surface area contributed by atoms with Gasteiger partial charge in [-0.25, -0.2) is 14.4 Å². The Labute approximate surface area is 80.0 Å². The van der Waals surface area contributed by atoms with Crippen LogP contribution in [0.5, 0.6) is 0 Å². The second kappa shape index (κ2) is 3.47. The molecular weight excluding hydrogens is 195 g/mol. The van der Waals surface area contributed by atoms with Gasteiger partial charge >= 0.3 is 0 Å². The van der Waals surface area contributed by atoms with Crippen molar-refractivity contribution in [3.63, 3.8) is 0 Å². The van der Waals surface area contributed by atoms with E-state index in [1.165, 1.54) is 17.3 Å². The van der Waals surface area contributed by atoms with Crippen LogP contribution < -0.4 is 5.06 Å². The number of hydrogen-bond donors (Lipinski definition) is 0. The quantitative estimate of drug-likeness (QED) is 0.697. The Bertz CT molecular complexity index is 315. The molecule has 1 aliphatic rings. The van der Waals surface area contributed by atoms with Gasteiger partial charge in [0.25, 0.3) is 0 Å². The molecule has 0 spiro atoms. The maximum atomic E-state index is 13.2. The molecule has 0 radical (unpaired) electrons. The summed E-state index contributed by atoms with van der Waals surface area (Å²) in [6.07, 6.45) is 2.30. The monoisotopic (exact) mass is 202 g/mol. The number of halogens is 2. The van der Waals surface area contributed by atoms with Crippen LogP contribution in [0.4, 0.5) is 10.2 Å². The molecule has 1 aliphatic heterocycles. The van der Waals surface area contributed by atoms with Crippen molar-refractivity contribution < 1.29 is 9.23 Å². The second-order valence-corrected chi connectivity index (χ2v) is 3.18. The Hall–Kier alpha value is -0.870. The normalized spacial score (nSPS) is 16.6. The highest BCUT2D eigenvalue weighted by Gasteiger charge is 2.18. The van der Waals surface area contributed by atoms with Crippen molar-refractivity contribution >= 4 is 17.4 Å². The van der Waals surface area contributed by atoms with Crippen LogP contribution in [-0.4, -0.2) is 18.1 Å². The van der Waals surface area contributed by atoms with Gasteiger partial charge in [-0.15, -0.1) is 0 Å². The van der Waals surface area contributed by atoms with E-state index < -0.39 is 5.82 Å². The van der Waals surface area contributed by atoms with Crippen molar-refractivity contribution in [3.05, 3.63) is 23.1 Å². The first kappa shape index (κ1) is 8.72. The second-order valence-electron chi connectivity index (χ2n) is 2.75.